The molecule has 0 atom stereocenters. The zero-order valence-corrected chi connectivity index (χ0v) is 22.9. The molecule has 11 heteroatoms. The van der Waals surface area contributed by atoms with Crippen LogP contribution in [0.2, 0.25) is 0 Å². The zero-order valence-electron chi connectivity index (χ0n) is 22.1. The van der Waals surface area contributed by atoms with Crippen molar-refractivity contribution in [1.82, 2.24) is 4.98 Å². The molecule has 3 aromatic rings. The number of nitrogens with zero attached hydrogens (tertiary/aromatic N) is 2. The molecule has 0 fully saturated rings. The van der Waals surface area contributed by atoms with Crippen LogP contribution in [0.15, 0.2) is 59.5 Å². The van der Waals surface area contributed by atoms with E-state index in [0.717, 1.165) is 16.5 Å². The molecule has 7 nitrogen and oxygen atoms in total. The van der Waals surface area contributed by atoms with E-state index in [1.165, 1.54) is 38.3 Å². The number of ether oxygens (including phenoxy) is 2. The van der Waals surface area contributed by atoms with Crippen molar-refractivity contribution in [2.24, 2.45) is 0 Å². The van der Waals surface area contributed by atoms with Crippen LogP contribution in [-0.2, 0) is 37.2 Å². The van der Waals surface area contributed by atoms with E-state index in [1.807, 2.05) is 28.6 Å². The van der Waals surface area contributed by atoms with Crippen molar-refractivity contribution in [2.75, 3.05) is 23.8 Å². The first-order valence-corrected chi connectivity index (χ1v) is 12.8. The van der Waals surface area contributed by atoms with Crippen LogP contribution < -0.4 is 9.62 Å². The lowest BCUT2D eigenvalue weighted by atomic mass is 9.87. The Balaban J connectivity index is 1.81. The SMILES string of the molecule is COC(=O)C(C(=O)OC)c1ccc2c(c1)N(Sc1ccc(C(C)(C)C)cc1)Cc1ccc(C(F)(F)F)nc1N2. The highest BCUT2D eigenvalue weighted by Crippen LogP contribution is 2.43. The maximum absolute atomic E-state index is 13.4. The number of benzene rings is 2. The van der Waals surface area contributed by atoms with Crippen LogP contribution in [0.25, 0.3) is 0 Å². The third kappa shape index (κ3) is 6.13. The standard InChI is InChI=1S/C28H28F3N3O4S/c1-27(2,3)18-8-10-19(11-9-18)39-34-15-17-7-13-22(28(29,30)31)33-24(17)32-20-12-6-16(14-21(20)34)23(25(35)37-4)26(36)38-5/h6-14,23H,15H2,1-5H3,(H,32,33). The molecule has 2 heterocycles. The Morgan fingerprint density at radius 1 is 0.974 bits per heavy atom. The van der Waals surface area contributed by atoms with Gasteiger partial charge in [0.05, 0.1) is 32.1 Å². The Hall–Kier alpha value is -3.73. The normalized spacial score (nSPS) is 13.2. The first-order chi connectivity index (χ1) is 18.3. The van der Waals surface area contributed by atoms with Crippen molar-refractivity contribution in [3.05, 3.63) is 77.0 Å². The molecule has 0 radical (unpaired) electrons. The van der Waals surface area contributed by atoms with Crippen LogP contribution in [0.5, 0.6) is 0 Å². The van der Waals surface area contributed by atoms with Gasteiger partial charge in [-0.25, -0.2) is 4.98 Å². The van der Waals surface area contributed by atoms with Crippen LogP contribution in [0, 0.1) is 0 Å². The number of hydrogen-bond acceptors (Lipinski definition) is 8. The number of alkyl halides is 3. The van der Waals surface area contributed by atoms with E-state index in [4.69, 9.17) is 9.47 Å². The molecule has 2 aromatic carbocycles. The van der Waals surface area contributed by atoms with E-state index < -0.39 is 29.7 Å². The second-order valence-electron chi connectivity index (χ2n) is 9.99. The molecule has 0 spiro atoms. The number of pyridine rings is 1. The number of halogens is 3. The van der Waals surface area contributed by atoms with Crippen LogP contribution in [0.3, 0.4) is 0 Å². The number of methoxy groups -OCH3 is 2. The molecule has 1 aliphatic rings. The summed E-state index contributed by atoms with van der Waals surface area (Å²) < 4.78 is 51.7. The number of anilines is 3. The summed E-state index contributed by atoms with van der Waals surface area (Å²) >= 11 is 1.37. The molecule has 0 saturated carbocycles. The molecule has 1 N–H and O–H groups in total. The fourth-order valence-electron chi connectivity index (χ4n) is 4.12. The van der Waals surface area contributed by atoms with Crippen molar-refractivity contribution in [2.45, 2.75) is 49.7 Å². The monoisotopic (exact) mass is 559 g/mol. The van der Waals surface area contributed by atoms with Crippen molar-refractivity contribution in [3.8, 4) is 0 Å². The van der Waals surface area contributed by atoms with Gasteiger partial charge in [-0.3, -0.25) is 9.59 Å². The second-order valence-corrected chi connectivity index (χ2v) is 11.1. The molecule has 0 bridgehead atoms. The van der Waals surface area contributed by atoms with Gasteiger partial charge in [-0.15, -0.1) is 0 Å². The molecule has 39 heavy (non-hydrogen) atoms. The fourth-order valence-corrected chi connectivity index (χ4v) is 5.08. The molecule has 1 aliphatic heterocycles. The van der Waals surface area contributed by atoms with Crippen LogP contribution in [-0.4, -0.2) is 31.1 Å². The lowest BCUT2D eigenvalue weighted by Crippen LogP contribution is -2.24. The fraction of sp³-hybridized carbons (Fsp3) is 0.321. The highest BCUT2D eigenvalue weighted by atomic mass is 32.2. The maximum atomic E-state index is 13.4. The summed E-state index contributed by atoms with van der Waals surface area (Å²) in [6, 6.07) is 15.1. The molecular weight excluding hydrogens is 531 g/mol. The van der Waals surface area contributed by atoms with Crippen molar-refractivity contribution < 1.29 is 32.2 Å². The summed E-state index contributed by atoms with van der Waals surface area (Å²) in [5.41, 5.74) is 1.96. The second kappa shape index (κ2) is 10.8. The smallest absolute Gasteiger partial charge is 0.433 e. The zero-order chi connectivity index (χ0) is 28.5. The van der Waals surface area contributed by atoms with Crippen LogP contribution >= 0.6 is 11.9 Å². The highest BCUT2D eigenvalue weighted by Gasteiger charge is 2.35. The Morgan fingerprint density at radius 2 is 1.62 bits per heavy atom. The molecule has 1 aromatic heterocycles. The Bertz CT molecular complexity index is 1370. The van der Waals surface area contributed by atoms with Gasteiger partial charge in [-0.2, -0.15) is 13.2 Å². The Labute approximate surface area is 228 Å². The lowest BCUT2D eigenvalue weighted by molar-refractivity contribution is -0.154. The van der Waals surface area contributed by atoms with Crippen LogP contribution in [0.4, 0.5) is 30.4 Å². The third-order valence-electron chi connectivity index (χ3n) is 6.27. The molecule has 0 amide bonds. The average molecular weight is 560 g/mol. The van der Waals surface area contributed by atoms with E-state index in [9.17, 15) is 22.8 Å². The van der Waals surface area contributed by atoms with Gasteiger partial charge in [0.15, 0.2) is 5.92 Å². The lowest BCUT2D eigenvalue weighted by Gasteiger charge is -2.25. The minimum atomic E-state index is -4.60. The van der Waals surface area contributed by atoms with Crippen molar-refractivity contribution >= 4 is 41.1 Å². The van der Waals surface area contributed by atoms with Crippen LogP contribution in [0.1, 0.15) is 49.1 Å². The quantitative estimate of drug-likeness (QED) is 0.213. The molecule has 0 aliphatic carbocycles. The molecule has 4 rings (SSSR count). The first kappa shape index (κ1) is 28.3. The van der Waals surface area contributed by atoms with E-state index >= 15 is 0 Å². The summed E-state index contributed by atoms with van der Waals surface area (Å²) in [5, 5.41) is 3.01. The topological polar surface area (TPSA) is 80.8 Å². The number of esters is 2. The predicted octanol–water partition coefficient (Wildman–Crippen LogP) is 6.60. The van der Waals surface area contributed by atoms with Gasteiger partial charge in [-0.1, -0.05) is 45.0 Å². The molecule has 0 unspecified atom stereocenters. The van der Waals surface area contributed by atoms with Gasteiger partial charge in [0.25, 0.3) is 0 Å². The van der Waals surface area contributed by atoms with Gasteiger partial charge < -0.3 is 19.1 Å². The Kier molecular flexibility index (Phi) is 7.83. The number of hydrogen-bond donors (Lipinski definition) is 1. The van der Waals surface area contributed by atoms with Crippen molar-refractivity contribution in [3.63, 3.8) is 0 Å². The largest absolute Gasteiger partial charge is 0.468 e. The van der Waals surface area contributed by atoms with E-state index in [0.29, 0.717) is 22.5 Å². The average Bonchev–Trinajstić information content (AvgIpc) is 3.03. The van der Waals surface area contributed by atoms with E-state index in [-0.39, 0.29) is 17.8 Å². The number of rotatable bonds is 5. The number of nitrogens with one attached hydrogen (secondary N) is 1. The van der Waals surface area contributed by atoms with Gasteiger partial charge >= 0.3 is 18.1 Å². The molecule has 0 saturated heterocycles. The maximum Gasteiger partial charge on any atom is 0.433 e. The number of carbonyl (C=O) groups is 2. The van der Waals surface area contributed by atoms with Gasteiger partial charge in [0.1, 0.15) is 11.5 Å². The number of carbonyl (C=O) groups excluding carboxylic acids is 2. The summed E-state index contributed by atoms with van der Waals surface area (Å²) in [4.78, 5) is 29.7. The molecule has 206 valence electrons. The summed E-state index contributed by atoms with van der Waals surface area (Å²) in [6.45, 7) is 6.54. The summed E-state index contributed by atoms with van der Waals surface area (Å²) in [6.07, 6.45) is -4.60. The van der Waals surface area contributed by atoms with Gasteiger partial charge in [0.2, 0.25) is 0 Å². The third-order valence-corrected chi connectivity index (χ3v) is 7.30. The summed E-state index contributed by atoms with van der Waals surface area (Å²) in [5.74, 6) is -2.84. The van der Waals surface area contributed by atoms with Crippen molar-refractivity contribution in [1.29, 1.82) is 0 Å². The Morgan fingerprint density at radius 3 is 2.18 bits per heavy atom. The van der Waals surface area contributed by atoms with Gasteiger partial charge in [0, 0.05) is 10.5 Å². The minimum Gasteiger partial charge on any atom is -0.468 e. The predicted molar refractivity (Wildman–Crippen MR) is 143 cm³/mol. The number of fused-ring (bicyclic) bond motifs is 2. The highest BCUT2D eigenvalue weighted by molar-refractivity contribution is 8.00. The van der Waals surface area contributed by atoms with E-state index in [1.54, 1.807) is 12.1 Å². The first-order valence-electron chi connectivity index (χ1n) is 12.0. The molecular formula is C28H28F3N3O4S. The summed E-state index contributed by atoms with van der Waals surface area (Å²) in [7, 11) is 2.35. The van der Waals surface area contributed by atoms with E-state index in [2.05, 4.69) is 31.1 Å². The number of aromatic nitrogens is 1. The minimum absolute atomic E-state index is 0.0329. The van der Waals surface area contributed by atoms with Gasteiger partial charge in [-0.05, 0) is 58.8 Å².